The fourth-order valence-electron chi connectivity index (χ4n) is 1.86. The van der Waals surface area contributed by atoms with Crippen molar-refractivity contribution in [3.05, 3.63) is 0 Å². The van der Waals surface area contributed by atoms with Crippen molar-refractivity contribution in [1.29, 1.82) is 0 Å². The molecule has 2 unspecified atom stereocenters. The van der Waals surface area contributed by atoms with Crippen LogP contribution in [0.4, 0.5) is 0 Å². The fourth-order valence-corrected chi connectivity index (χ4v) is 1.86. The van der Waals surface area contributed by atoms with Crippen LogP contribution in [0, 0.1) is 11.3 Å². The maximum Gasteiger partial charge on any atom is 0.0722 e. The van der Waals surface area contributed by atoms with Crippen molar-refractivity contribution < 1.29 is 10.2 Å². The molecule has 14 heavy (non-hydrogen) atoms. The van der Waals surface area contributed by atoms with E-state index in [2.05, 4.69) is 13.8 Å². The van der Waals surface area contributed by atoms with Crippen LogP contribution in [0.15, 0.2) is 0 Å². The van der Waals surface area contributed by atoms with Gasteiger partial charge in [0.05, 0.1) is 11.7 Å². The topological polar surface area (TPSA) is 40.5 Å². The fraction of sp³-hybridized carbons (Fsp3) is 1.00. The van der Waals surface area contributed by atoms with E-state index in [1.165, 1.54) is 0 Å². The number of hydrogen-bond acceptors (Lipinski definition) is 2. The average Bonchev–Trinajstić information content (AvgIpc) is 1.78. The molecule has 2 nitrogen and oxygen atoms in total. The molecule has 0 heterocycles. The van der Waals surface area contributed by atoms with E-state index in [1.54, 1.807) is 6.92 Å². The maximum atomic E-state index is 10.5. The average molecular weight is 202 g/mol. The van der Waals surface area contributed by atoms with E-state index in [4.69, 9.17) is 0 Å². The van der Waals surface area contributed by atoms with Crippen LogP contribution in [0.25, 0.3) is 0 Å². The van der Waals surface area contributed by atoms with Crippen molar-refractivity contribution >= 4 is 0 Å². The zero-order valence-electron chi connectivity index (χ0n) is 10.5. The molecule has 2 heteroatoms. The normalized spacial score (nSPS) is 19.5. The van der Waals surface area contributed by atoms with Crippen LogP contribution in [0.1, 0.15) is 54.4 Å². The zero-order chi connectivity index (χ0) is 11.6. The molecule has 0 rings (SSSR count). The van der Waals surface area contributed by atoms with E-state index < -0.39 is 11.7 Å². The van der Waals surface area contributed by atoms with Gasteiger partial charge in [-0.3, -0.25) is 0 Å². The molecule has 0 fully saturated rings. The molecule has 0 saturated heterocycles. The van der Waals surface area contributed by atoms with Crippen LogP contribution in [0.5, 0.6) is 0 Å². The van der Waals surface area contributed by atoms with Crippen LogP contribution in [0.3, 0.4) is 0 Å². The van der Waals surface area contributed by atoms with Crippen molar-refractivity contribution in [2.24, 2.45) is 11.3 Å². The first-order valence-corrected chi connectivity index (χ1v) is 5.49. The summed E-state index contributed by atoms with van der Waals surface area (Å²) >= 11 is 0. The Labute approximate surface area is 88.3 Å². The highest BCUT2D eigenvalue weighted by Gasteiger charge is 2.40. The van der Waals surface area contributed by atoms with E-state index >= 15 is 0 Å². The predicted molar refractivity (Wildman–Crippen MR) is 60.2 cm³/mol. The summed E-state index contributed by atoms with van der Waals surface area (Å²) in [5.41, 5.74) is -0.955. The van der Waals surface area contributed by atoms with Gasteiger partial charge < -0.3 is 10.2 Å². The second kappa shape index (κ2) is 4.63. The molecule has 0 aliphatic rings. The Morgan fingerprint density at radius 2 is 1.43 bits per heavy atom. The van der Waals surface area contributed by atoms with Gasteiger partial charge in [0, 0.05) is 6.42 Å². The number of aliphatic hydroxyl groups excluding tert-OH is 1. The zero-order valence-corrected chi connectivity index (χ0v) is 10.5. The van der Waals surface area contributed by atoms with Crippen molar-refractivity contribution in [1.82, 2.24) is 0 Å². The van der Waals surface area contributed by atoms with Crippen LogP contribution in [-0.4, -0.2) is 21.9 Å². The lowest BCUT2D eigenvalue weighted by Crippen LogP contribution is -2.46. The highest BCUT2D eigenvalue weighted by atomic mass is 16.3. The van der Waals surface area contributed by atoms with Crippen LogP contribution in [-0.2, 0) is 0 Å². The summed E-state index contributed by atoms with van der Waals surface area (Å²) in [4.78, 5) is 0. The molecule has 2 atom stereocenters. The summed E-state index contributed by atoms with van der Waals surface area (Å²) in [7, 11) is 0. The lowest BCUT2D eigenvalue weighted by molar-refractivity contribution is -0.0990. The largest absolute Gasteiger partial charge is 0.393 e. The molecule has 0 saturated carbocycles. The second-order valence-electron chi connectivity index (χ2n) is 5.93. The van der Waals surface area contributed by atoms with Gasteiger partial charge in [0.2, 0.25) is 0 Å². The number of aliphatic hydroxyl groups is 2. The van der Waals surface area contributed by atoms with Crippen molar-refractivity contribution in [2.75, 3.05) is 0 Å². The van der Waals surface area contributed by atoms with Gasteiger partial charge in [0.15, 0.2) is 0 Å². The summed E-state index contributed by atoms with van der Waals surface area (Å²) in [5.74, 6) is 0.443. The lowest BCUT2D eigenvalue weighted by Gasteiger charge is -2.42. The Kier molecular flexibility index (Phi) is 4.60. The molecule has 0 aliphatic carbocycles. The molecule has 86 valence electrons. The van der Waals surface area contributed by atoms with Gasteiger partial charge in [-0.15, -0.1) is 0 Å². The van der Waals surface area contributed by atoms with Crippen molar-refractivity contribution in [2.45, 2.75) is 66.1 Å². The lowest BCUT2D eigenvalue weighted by atomic mass is 9.69. The Morgan fingerprint density at radius 1 is 1.00 bits per heavy atom. The van der Waals surface area contributed by atoms with E-state index in [-0.39, 0.29) is 5.41 Å². The standard InChI is InChI=1S/C12H26O2/c1-9(2)7-12(14,8-10(3)13)11(4,5)6/h9-10,13-14H,7-8H2,1-6H3. The summed E-state index contributed by atoms with van der Waals surface area (Å²) < 4.78 is 0. The van der Waals surface area contributed by atoms with Gasteiger partial charge in [0.25, 0.3) is 0 Å². The van der Waals surface area contributed by atoms with E-state index in [1.807, 2.05) is 20.8 Å². The molecule has 2 N–H and O–H groups in total. The quantitative estimate of drug-likeness (QED) is 0.735. The molecular weight excluding hydrogens is 176 g/mol. The molecule has 0 aromatic rings. The van der Waals surface area contributed by atoms with Gasteiger partial charge in [-0.25, -0.2) is 0 Å². The minimum absolute atomic E-state index is 0.186. The Hall–Kier alpha value is -0.0800. The predicted octanol–water partition coefficient (Wildman–Crippen LogP) is 2.58. The van der Waals surface area contributed by atoms with Gasteiger partial charge in [-0.1, -0.05) is 34.6 Å². The Bertz CT molecular complexity index is 156. The highest BCUT2D eigenvalue weighted by molar-refractivity contribution is 4.92. The third kappa shape index (κ3) is 3.97. The maximum absolute atomic E-state index is 10.5. The van der Waals surface area contributed by atoms with E-state index in [0.29, 0.717) is 12.3 Å². The highest BCUT2D eigenvalue weighted by Crippen LogP contribution is 2.38. The molecule has 0 spiro atoms. The first-order valence-electron chi connectivity index (χ1n) is 5.49. The van der Waals surface area contributed by atoms with Crippen molar-refractivity contribution in [3.63, 3.8) is 0 Å². The van der Waals surface area contributed by atoms with E-state index in [0.717, 1.165) is 6.42 Å². The third-order valence-corrected chi connectivity index (χ3v) is 2.78. The first-order chi connectivity index (χ1) is 6.08. The minimum Gasteiger partial charge on any atom is -0.393 e. The summed E-state index contributed by atoms with van der Waals surface area (Å²) in [5, 5.41) is 19.9. The van der Waals surface area contributed by atoms with Gasteiger partial charge in [0.1, 0.15) is 0 Å². The molecule has 0 aliphatic heterocycles. The summed E-state index contributed by atoms with van der Waals surface area (Å²) in [6.07, 6.45) is 0.744. The second-order valence-corrected chi connectivity index (χ2v) is 5.93. The molecule has 0 bridgehead atoms. The van der Waals surface area contributed by atoms with Crippen LogP contribution >= 0.6 is 0 Å². The molecule has 0 radical (unpaired) electrons. The number of rotatable bonds is 4. The Morgan fingerprint density at radius 3 is 1.64 bits per heavy atom. The van der Waals surface area contributed by atoms with Crippen molar-refractivity contribution in [3.8, 4) is 0 Å². The smallest absolute Gasteiger partial charge is 0.0722 e. The first kappa shape index (κ1) is 13.9. The monoisotopic (exact) mass is 202 g/mol. The molecular formula is C12H26O2. The van der Waals surface area contributed by atoms with Crippen LogP contribution < -0.4 is 0 Å². The SMILES string of the molecule is CC(C)CC(O)(CC(C)O)C(C)(C)C. The summed E-state index contributed by atoms with van der Waals surface area (Å²) in [6, 6.07) is 0. The number of hydrogen-bond donors (Lipinski definition) is 2. The molecule has 0 aromatic carbocycles. The molecule has 0 amide bonds. The van der Waals surface area contributed by atoms with Gasteiger partial charge >= 0.3 is 0 Å². The Balaban J connectivity index is 4.67. The minimum atomic E-state index is -0.769. The van der Waals surface area contributed by atoms with Gasteiger partial charge in [-0.2, -0.15) is 0 Å². The summed E-state index contributed by atoms with van der Waals surface area (Å²) in [6.45, 7) is 12.0. The van der Waals surface area contributed by atoms with Crippen LogP contribution in [0.2, 0.25) is 0 Å². The van der Waals surface area contributed by atoms with Gasteiger partial charge in [-0.05, 0) is 24.7 Å². The van der Waals surface area contributed by atoms with E-state index in [9.17, 15) is 10.2 Å². The molecule has 0 aromatic heterocycles. The third-order valence-electron chi connectivity index (χ3n) is 2.78.